The van der Waals surface area contributed by atoms with E-state index in [0.29, 0.717) is 17.0 Å². The van der Waals surface area contributed by atoms with E-state index in [1.54, 1.807) is 0 Å². The molecule has 1 saturated carbocycles. The van der Waals surface area contributed by atoms with E-state index in [1.165, 1.54) is 10.5 Å². The fourth-order valence-electron chi connectivity index (χ4n) is 2.33. The Labute approximate surface area is 101 Å². The first-order chi connectivity index (χ1) is 7.83. The molecule has 1 heterocycles. The lowest BCUT2D eigenvalue weighted by Gasteiger charge is -2.06. The largest absolute Gasteiger partial charge is 0.299 e. The summed E-state index contributed by atoms with van der Waals surface area (Å²) in [5, 5.41) is 0.639. The maximum atomic E-state index is 11.6. The van der Waals surface area contributed by atoms with Gasteiger partial charge in [0, 0.05) is 22.5 Å². The summed E-state index contributed by atoms with van der Waals surface area (Å²) < 4.78 is 0. The molecule has 0 amide bonds. The molecule has 0 N–H and O–H groups in total. The smallest absolute Gasteiger partial charge is 0.136 e. The van der Waals surface area contributed by atoms with Gasteiger partial charge in [-0.2, -0.15) is 0 Å². The van der Waals surface area contributed by atoms with Crippen LogP contribution in [0.15, 0.2) is 29.2 Å². The monoisotopic (exact) mass is 232 g/mol. The third kappa shape index (κ3) is 2.17. The number of Topliss-reactive ketones (excluding diaryl/α,β-unsaturated/α-hetero) is 1. The van der Waals surface area contributed by atoms with Gasteiger partial charge >= 0.3 is 0 Å². The number of benzene rings is 1. The summed E-state index contributed by atoms with van der Waals surface area (Å²) in [5.74, 6) is 0.949. The SMILES string of the molecule is O=C(CCC1Cc2ccccc2S1)C1CC1. The van der Waals surface area contributed by atoms with Crippen molar-refractivity contribution in [3.8, 4) is 0 Å². The zero-order valence-electron chi connectivity index (χ0n) is 9.32. The molecule has 1 unspecified atom stereocenters. The Kier molecular flexibility index (Phi) is 2.76. The predicted molar refractivity (Wildman–Crippen MR) is 66.8 cm³/mol. The minimum atomic E-state index is 0.439. The van der Waals surface area contributed by atoms with Crippen LogP contribution in [0.3, 0.4) is 0 Å². The number of rotatable bonds is 4. The fourth-order valence-corrected chi connectivity index (χ4v) is 3.65. The van der Waals surface area contributed by atoms with Gasteiger partial charge < -0.3 is 0 Å². The first-order valence-corrected chi connectivity index (χ1v) is 6.98. The summed E-state index contributed by atoms with van der Waals surface area (Å²) in [7, 11) is 0. The molecule has 1 fully saturated rings. The molecule has 1 aliphatic heterocycles. The van der Waals surface area contributed by atoms with Crippen LogP contribution in [0, 0.1) is 5.92 Å². The van der Waals surface area contributed by atoms with Crippen molar-refractivity contribution in [2.75, 3.05) is 0 Å². The van der Waals surface area contributed by atoms with E-state index in [2.05, 4.69) is 24.3 Å². The first-order valence-electron chi connectivity index (χ1n) is 6.10. The number of hydrogen-bond acceptors (Lipinski definition) is 2. The number of hydrogen-bond donors (Lipinski definition) is 0. The number of carbonyl (C=O) groups is 1. The zero-order chi connectivity index (χ0) is 11.0. The van der Waals surface area contributed by atoms with E-state index in [1.807, 2.05) is 11.8 Å². The zero-order valence-corrected chi connectivity index (χ0v) is 10.1. The molecule has 0 aromatic heterocycles. The standard InChI is InChI=1S/C14H16OS/c15-13(10-5-6-10)8-7-12-9-11-3-1-2-4-14(11)16-12/h1-4,10,12H,5-9H2. The molecule has 1 nitrogen and oxygen atoms in total. The predicted octanol–water partition coefficient (Wildman–Crippen LogP) is 3.46. The Morgan fingerprint density at radius 3 is 2.88 bits per heavy atom. The topological polar surface area (TPSA) is 17.1 Å². The Hall–Kier alpha value is -0.760. The summed E-state index contributed by atoms with van der Waals surface area (Å²) >= 11 is 1.96. The van der Waals surface area contributed by atoms with Gasteiger partial charge in [0.2, 0.25) is 0 Å². The Morgan fingerprint density at radius 1 is 1.31 bits per heavy atom. The molecular weight excluding hydrogens is 216 g/mol. The van der Waals surface area contributed by atoms with Crippen LogP contribution in [0.4, 0.5) is 0 Å². The summed E-state index contributed by atoms with van der Waals surface area (Å²) in [6.45, 7) is 0. The number of carbonyl (C=O) groups excluding carboxylic acids is 1. The molecule has 1 aliphatic carbocycles. The summed E-state index contributed by atoms with van der Waals surface area (Å²) in [5.41, 5.74) is 1.47. The van der Waals surface area contributed by atoms with Gasteiger partial charge in [-0.3, -0.25) is 4.79 Å². The van der Waals surface area contributed by atoms with Gasteiger partial charge in [0.1, 0.15) is 5.78 Å². The van der Waals surface area contributed by atoms with Gasteiger partial charge in [-0.15, -0.1) is 11.8 Å². The van der Waals surface area contributed by atoms with Crippen molar-refractivity contribution >= 4 is 17.5 Å². The number of ketones is 1. The van der Waals surface area contributed by atoms with Crippen molar-refractivity contribution in [1.82, 2.24) is 0 Å². The van der Waals surface area contributed by atoms with Crippen molar-refractivity contribution in [2.45, 2.75) is 42.2 Å². The summed E-state index contributed by atoms with van der Waals surface area (Å²) in [6.07, 6.45) is 5.32. The molecule has 3 rings (SSSR count). The second-order valence-corrected chi connectivity index (χ2v) is 6.17. The fraction of sp³-hybridized carbons (Fsp3) is 0.500. The number of fused-ring (bicyclic) bond motifs is 1. The molecule has 16 heavy (non-hydrogen) atoms. The Bertz CT molecular complexity index is 384. The van der Waals surface area contributed by atoms with Crippen LogP contribution < -0.4 is 0 Å². The molecule has 1 aromatic rings. The summed E-state index contributed by atoms with van der Waals surface area (Å²) in [4.78, 5) is 13.0. The van der Waals surface area contributed by atoms with E-state index in [4.69, 9.17) is 0 Å². The molecule has 1 aromatic carbocycles. The maximum absolute atomic E-state index is 11.6. The van der Waals surface area contributed by atoms with E-state index in [0.717, 1.165) is 32.1 Å². The Balaban J connectivity index is 1.53. The van der Waals surface area contributed by atoms with Crippen LogP contribution in [0.1, 0.15) is 31.2 Å². The van der Waals surface area contributed by atoms with Gasteiger partial charge in [0.05, 0.1) is 0 Å². The van der Waals surface area contributed by atoms with E-state index >= 15 is 0 Å². The highest BCUT2D eigenvalue weighted by atomic mass is 32.2. The van der Waals surface area contributed by atoms with Gasteiger partial charge in [-0.1, -0.05) is 18.2 Å². The average molecular weight is 232 g/mol. The third-order valence-corrected chi connectivity index (χ3v) is 4.85. The molecule has 2 heteroatoms. The van der Waals surface area contributed by atoms with Crippen molar-refractivity contribution < 1.29 is 4.79 Å². The quantitative estimate of drug-likeness (QED) is 0.790. The maximum Gasteiger partial charge on any atom is 0.136 e. The van der Waals surface area contributed by atoms with E-state index in [9.17, 15) is 4.79 Å². The van der Waals surface area contributed by atoms with Crippen LogP contribution in [-0.2, 0) is 11.2 Å². The second-order valence-electron chi connectivity index (χ2n) is 4.83. The molecule has 84 valence electrons. The normalized spacial score (nSPS) is 23.1. The Morgan fingerprint density at radius 2 is 2.12 bits per heavy atom. The van der Waals surface area contributed by atoms with Crippen LogP contribution in [0.2, 0.25) is 0 Å². The molecule has 0 radical (unpaired) electrons. The molecule has 0 spiro atoms. The van der Waals surface area contributed by atoms with Crippen LogP contribution in [-0.4, -0.2) is 11.0 Å². The molecule has 0 saturated heterocycles. The van der Waals surface area contributed by atoms with Crippen molar-refractivity contribution in [3.63, 3.8) is 0 Å². The minimum Gasteiger partial charge on any atom is -0.299 e. The number of thioether (sulfide) groups is 1. The van der Waals surface area contributed by atoms with Crippen molar-refractivity contribution in [1.29, 1.82) is 0 Å². The van der Waals surface area contributed by atoms with E-state index < -0.39 is 0 Å². The highest BCUT2D eigenvalue weighted by molar-refractivity contribution is 8.00. The lowest BCUT2D eigenvalue weighted by atomic mass is 10.0. The highest BCUT2D eigenvalue weighted by Gasteiger charge is 2.30. The van der Waals surface area contributed by atoms with Crippen LogP contribution >= 0.6 is 11.8 Å². The first kappa shape index (κ1) is 10.4. The average Bonchev–Trinajstić information content (AvgIpc) is 3.06. The molecular formula is C14H16OS. The van der Waals surface area contributed by atoms with Gasteiger partial charge in [0.25, 0.3) is 0 Å². The molecule has 2 aliphatic rings. The lowest BCUT2D eigenvalue weighted by Crippen LogP contribution is -2.07. The second kappa shape index (κ2) is 4.25. The molecule has 0 bridgehead atoms. The van der Waals surface area contributed by atoms with Crippen LogP contribution in [0.25, 0.3) is 0 Å². The molecule has 1 atom stereocenters. The van der Waals surface area contributed by atoms with Gasteiger partial charge in [-0.05, 0) is 37.3 Å². The highest BCUT2D eigenvalue weighted by Crippen LogP contribution is 2.39. The van der Waals surface area contributed by atoms with Gasteiger partial charge in [0.15, 0.2) is 0 Å². The van der Waals surface area contributed by atoms with Crippen LogP contribution in [0.5, 0.6) is 0 Å². The van der Waals surface area contributed by atoms with Gasteiger partial charge in [-0.25, -0.2) is 0 Å². The lowest BCUT2D eigenvalue weighted by molar-refractivity contribution is -0.120. The minimum absolute atomic E-state index is 0.439. The third-order valence-electron chi connectivity index (χ3n) is 3.46. The van der Waals surface area contributed by atoms with Crippen molar-refractivity contribution in [2.24, 2.45) is 5.92 Å². The van der Waals surface area contributed by atoms with E-state index in [-0.39, 0.29) is 0 Å². The summed E-state index contributed by atoms with van der Waals surface area (Å²) in [6, 6.07) is 8.62. The van der Waals surface area contributed by atoms with Crippen molar-refractivity contribution in [3.05, 3.63) is 29.8 Å².